The van der Waals surface area contributed by atoms with E-state index in [4.69, 9.17) is 9.47 Å². The lowest BCUT2D eigenvalue weighted by Gasteiger charge is -2.25. The molecule has 0 saturated carbocycles. The predicted octanol–water partition coefficient (Wildman–Crippen LogP) is 1.72. The average molecular weight is 270 g/mol. The molecule has 5 nitrogen and oxygen atoms in total. The zero-order valence-corrected chi connectivity index (χ0v) is 12.3. The lowest BCUT2D eigenvalue weighted by Crippen LogP contribution is -2.36. The Hall–Kier alpha value is -0.810. The summed E-state index contributed by atoms with van der Waals surface area (Å²) < 4.78 is 11.3. The van der Waals surface area contributed by atoms with Gasteiger partial charge < -0.3 is 14.4 Å². The summed E-state index contributed by atoms with van der Waals surface area (Å²) in [7, 11) is 2.07. The van der Waals surface area contributed by atoms with Crippen LogP contribution >= 0.6 is 0 Å². The van der Waals surface area contributed by atoms with Gasteiger partial charge in [0.2, 0.25) is 0 Å². The van der Waals surface area contributed by atoms with Crippen molar-refractivity contribution in [3.63, 3.8) is 0 Å². The van der Waals surface area contributed by atoms with E-state index in [-0.39, 0.29) is 18.3 Å². The van der Waals surface area contributed by atoms with Crippen LogP contribution in [0, 0.1) is 0 Å². The molecule has 2 heterocycles. The zero-order valence-electron chi connectivity index (χ0n) is 12.3. The fraction of sp³-hybridized carbons (Fsp3) is 0.929. The molecule has 2 aliphatic heterocycles. The minimum Gasteiger partial charge on any atom is -0.445 e. The lowest BCUT2D eigenvalue weighted by atomic mass is 10.1. The van der Waals surface area contributed by atoms with Crippen LogP contribution in [0.15, 0.2) is 0 Å². The molecule has 0 aromatic carbocycles. The number of carbonyl (C=O) groups excluding carboxylic acids is 1. The summed E-state index contributed by atoms with van der Waals surface area (Å²) in [4.78, 5) is 16.0. The molecule has 0 N–H and O–H groups in total. The van der Waals surface area contributed by atoms with Gasteiger partial charge in [-0.05, 0) is 33.7 Å². The van der Waals surface area contributed by atoms with Crippen LogP contribution in [0.1, 0.15) is 33.1 Å². The molecule has 2 aliphatic rings. The summed E-state index contributed by atoms with van der Waals surface area (Å²) in [6.07, 6.45) is 3.13. The number of hydrogen-bond donors (Lipinski definition) is 0. The highest BCUT2D eigenvalue weighted by Gasteiger charge is 2.36. The van der Waals surface area contributed by atoms with Gasteiger partial charge in [0.1, 0.15) is 6.10 Å². The van der Waals surface area contributed by atoms with Crippen molar-refractivity contribution < 1.29 is 14.3 Å². The molecule has 1 unspecified atom stereocenters. The van der Waals surface area contributed by atoms with E-state index >= 15 is 0 Å². The Bertz CT molecular complexity index is 305. The molecular weight excluding hydrogens is 244 g/mol. The second-order valence-electron chi connectivity index (χ2n) is 5.60. The van der Waals surface area contributed by atoms with E-state index in [1.165, 1.54) is 0 Å². The summed E-state index contributed by atoms with van der Waals surface area (Å²) >= 11 is 0. The monoisotopic (exact) mass is 270 g/mol. The van der Waals surface area contributed by atoms with E-state index in [0.29, 0.717) is 6.04 Å². The molecule has 2 saturated heterocycles. The maximum Gasteiger partial charge on any atom is 0.410 e. The number of carbonyl (C=O) groups is 1. The largest absolute Gasteiger partial charge is 0.445 e. The third-order valence-corrected chi connectivity index (χ3v) is 4.17. The van der Waals surface area contributed by atoms with E-state index in [1.807, 2.05) is 11.8 Å². The Morgan fingerprint density at radius 2 is 2.05 bits per heavy atom. The Balaban J connectivity index is 1.81. The Morgan fingerprint density at radius 3 is 2.68 bits per heavy atom. The van der Waals surface area contributed by atoms with Crippen LogP contribution in [0.3, 0.4) is 0 Å². The molecule has 0 aliphatic carbocycles. The van der Waals surface area contributed by atoms with E-state index < -0.39 is 0 Å². The molecule has 0 aromatic rings. The fourth-order valence-corrected chi connectivity index (χ4v) is 3.11. The second-order valence-corrected chi connectivity index (χ2v) is 5.60. The van der Waals surface area contributed by atoms with Gasteiger partial charge in [0.05, 0.1) is 6.10 Å². The normalized spacial score (nSPS) is 29.7. The van der Waals surface area contributed by atoms with Gasteiger partial charge >= 0.3 is 6.09 Å². The Labute approximate surface area is 115 Å². The highest BCUT2D eigenvalue weighted by atomic mass is 16.6. The molecule has 0 radical (unpaired) electrons. The first-order chi connectivity index (χ1) is 9.11. The standard InChI is InChI=1S/C14H26N2O3/c1-4-18-11(2)13-9-12(10-15(13)3)19-14(17)16-7-5-6-8-16/h11-13H,4-10H2,1-3H3/t11-,12?,13-/m0/s1. The summed E-state index contributed by atoms with van der Waals surface area (Å²) in [5.74, 6) is 0. The van der Waals surface area contributed by atoms with Gasteiger partial charge in [-0.3, -0.25) is 4.90 Å². The first-order valence-corrected chi connectivity index (χ1v) is 7.39. The van der Waals surface area contributed by atoms with Crippen LogP contribution in [-0.2, 0) is 9.47 Å². The number of ether oxygens (including phenoxy) is 2. The lowest BCUT2D eigenvalue weighted by molar-refractivity contribution is 0.0226. The van der Waals surface area contributed by atoms with Crippen LogP contribution in [0.4, 0.5) is 4.79 Å². The van der Waals surface area contributed by atoms with Gasteiger partial charge in [-0.1, -0.05) is 0 Å². The molecule has 0 spiro atoms. The first kappa shape index (κ1) is 14.6. The molecule has 19 heavy (non-hydrogen) atoms. The molecule has 2 rings (SSSR count). The second kappa shape index (κ2) is 6.57. The summed E-state index contributed by atoms with van der Waals surface area (Å²) in [6.45, 7) is 7.33. The summed E-state index contributed by atoms with van der Waals surface area (Å²) in [5, 5.41) is 0. The molecule has 110 valence electrons. The van der Waals surface area contributed by atoms with Gasteiger partial charge in [0, 0.05) is 38.7 Å². The Kier molecular flexibility index (Phi) is 5.05. The van der Waals surface area contributed by atoms with Crippen molar-refractivity contribution in [1.29, 1.82) is 0 Å². The smallest absolute Gasteiger partial charge is 0.410 e. The van der Waals surface area contributed by atoms with E-state index in [0.717, 1.165) is 45.5 Å². The minimum atomic E-state index is -0.138. The minimum absolute atomic E-state index is 0.00556. The number of amides is 1. The van der Waals surface area contributed by atoms with Crippen LogP contribution in [0.25, 0.3) is 0 Å². The molecule has 2 fully saturated rings. The third kappa shape index (κ3) is 3.60. The first-order valence-electron chi connectivity index (χ1n) is 7.39. The van der Waals surface area contributed by atoms with Gasteiger partial charge in [0.25, 0.3) is 0 Å². The zero-order chi connectivity index (χ0) is 13.8. The van der Waals surface area contributed by atoms with Gasteiger partial charge in [-0.2, -0.15) is 0 Å². The van der Waals surface area contributed by atoms with Crippen molar-refractivity contribution in [2.24, 2.45) is 0 Å². The van der Waals surface area contributed by atoms with Gasteiger partial charge in [0.15, 0.2) is 0 Å². The van der Waals surface area contributed by atoms with Crippen molar-refractivity contribution in [3.05, 3.63) is 0 Å². The Morgan fingerprint density at radius 1 is 1.37 bits per heavy atom. The summed E-state index contributed by atoms with van der Waals surface area (Å²) in [6, 6.07) is 0.344. The van der Waals surface area contributed by atoms with Crippen LogP contribution in [0.5, 0.6) is 0 Å². The van der Waals surface area contributed by atoms with Crippen molar-refractivity contribution in [2.45, 2.75) is 51.4 Å². The summed E-state index contributed by atoms with van der Waals surface area (Å²) in [5.41, 5.74) is 0. The van der Waals surface area contributed by atoms with Crippen molar-refractivity contribution >= 4 is 6.09 Å². The molecule has 5 heteroatoms. The van der Waals surface area contributed by atoms with E-state index in [9.17, 15) is 4.79 Å². The number of hydrogen-bond acceptors (Lipinski definition) is 4. The third-order valence-electron chi connectivity index (χ3n) is 4.17. The highest BCUT2D eigenvalue weighted by Crippen LogP contribution is 2.24. The highest BCUT2D eigenvalue weighted by molar-refractivity contribution is 5.68. The average Bonchev–Trinajstić information content (AvgIpc) is 2.99. The van der Waals surface area contributed by atoms with Crippen LogP contribution in [-0.4, -0.2) is 67.4 Å². The fourth-order valence-electron chi connectivity index (χ4n) is 3.11. The maximum atomic E-state index is 12.0. The SMILES string of the molecule is CCO[C@@H](C)[C@@H]1CC(OC(=O)N2CCCC2)CN1C. The molecule has 3 atom stereocenters. The van der Waals surface area contributed by atoms with E-state index in [2.05, 4.69) is 18.9 Å². The predicted molar refractivity (Wildman–Crippen MR) is 73.2 cm³/mol. The molecular formula is C14H26N2O3. The van der Waals surface area contributed by atoms with Gasteiger partial charge in [-0.15, -0.1) is 0 Å². The van der Waals surface area contributed by atoms with Crippen molar-refractivity contribution in [2.75, 3.05) is 33.3 Å². The molecule has 1 amide bonds. The van der Waals surface area contributed by atoms with Crippen LogP contribution in [0.2, 0.25) is 0 Å². The van der Waals surface area contributed by atoms with Crippen molar-refractivity contribution in [1.82, 2.24) is 9.80 Å². The number of nitrogens with zero attached hydrogens (tertiary/aromatic N) is 2. The number of likely N-dealkylation sites (tertiary alicyclic amines) is 2. The topological polar surface area (TPSA) is 42.0 Å². The maximum absolute atomic E-state index is 12.0. The number of likely N-dealkylation sites (N-methyl/N-ethyl adjacent to an activating group) is 1. The van der Waals surface area contributed by atoms with Gasteiger partial charge in [-0.25, -0.2) is 4.79 Å². The van der Waals surface area contributed by atoms with Crippen LogP contribution < -0.4 is 0 Å². The molecule has 0 bridgehead atoms. The van der Waals surface area contributed by atoms with E-state index in [1.54, 1.807) is 0 Å². The molecule has 0 aromatic heterocycles. The quantitative estimate of drug-likeness (QED) is 0.780. The van der Waals surface area contributed by atoms with Crippen molar-refractivity contribution in [3.8, 4) is 0 Å². The number of rotatable bonds is 4.